The fourth-order valence-corrected chi connectivity index (χ4v) is 2.80. The summed E-state index contributed by atoms with van der Waals surface area (Å²) in [6.07, 6.45) is 0.995. The van der Waals surface area contributed by atoms with Gasteiger partial charge in [-0.25, -0.2) is 0 Å². The van der Waals surface area contributed by atoms with E-state index in [9.17, 15) is 0 Å². The Bertz CT molecular complexity index is 566. The largest absolute Gasteiger partial charge is 0.466 e. The monoisotopic (exact) mass is 271 g/mol. The van der Waals surface area contributed by atoms with Gasteiger partial charge < -0.3 is 9.73 Å². The highest BCUT2D eigenvalue weighted by molar-refractivity contribution is 5.36. The van der Waals surface area contributed by atoms with E-state index in [1.807, 2.05) is 6.92 Å². The summed E-state index contributed by atoms with van der Waals surface area (Å²) in [4.78, 5) is 0. The summed E-state index contributed by atoms with van der Waals surface area (Å²) in [5.41, 5.74) is 5.27. The van der Waals surface area contributed by atoms with Crippen LogP contribution in [0.3, 0.4) is 0 Å². The standard InChI is InChI=1S/C18H25NO/c1-6-19-17(11-16-9-7-12(2)8-10-16)18-13(3)14(4)20-15(18)5/h7-10,17,19H,6,11H2,1-5H3. The quantitative estimate of drug-likeness (QED) is 0.871. The number of aryl methyl sites for hydroxylation is 3. The molecule has 108 valence electrons. The van der Waals surface area contributed by atoms with Crippen molar-refractivity contribution in [2.24, 2.45) is 0 Å². The van der Waals surface area contributed by atoms with Crippen LogP contribution in [-0.2, 0) is 6.42 Å². The molecule has 0 aliphatic carbocycles. The Hall–Kier alpha value is -1.54. The van der Waals surface area contributed by atoms with Crippen LogP contribution in [-0.4, -0.2) is 6.54 Å². The second-order valence-corrected chi connectivity index (χ2v) is 5.55. The fourth-order valence-electron chi connectivity index (χ4n) is 2.80. The molecular formula is C18H25NO. The predicted molar refractivity (Wildman–Crippen MR) is 84.2 cm³/mol. The van der Waals surface area contributed by atoms with Crippen LogP contribution in [0.15, 0.2) is 28.7 Å². The van der Waals surface area contributed by atoms with Gasteiger partial charge in [-0.15, -0.1) is 0 Å². The Labute approximate surface area is 122 Å². The summed E-state index contributed by atoms with van der Waals surface area (Å²) in [5.74, 6) is 2.07. The van der Waals surface area contributed by atoms with Crippen molar-refractivity contribution in [3.8, 4) is 0 Å². The smallest absolute Gasteiger partial charge is 0.106 e. The summed E-state index contributed by atoms with van der Waals surface area (Å²) in [7, 11) is 0. The van der Waals surface area contributed by atoms with Gasteiger partial charge in [0.15, 0.2) is 0 Å². The van der Waals surface area contributed by atoms with Crippen LogP contribution in [0.25, 0.3) is 0 Å². The van der Waals surface area contributed by atoms with Gasteiger partial charge in [-0.3, -0.25) is 0 Å². The number of benzene rings is 1. The van der Waals surface area contributed by atoms with Crippen LogP contribution in [0, 0.1) is 27.7 Å². The van der Waals surface area contributed by atoms with Crippen LogP contribution >= 0.6 is 0 Å². The molecule has 1 unspecified atom stereocenters. The summed E-state index contributed by atoms with van der Waals surface area (Å²) >= 11 is 0. The number of hydrogen-bond acceptors (Lipinski definition) is 2. The minimum atomic E-state index is 0.320. The maximum atomic E-state index is 5.79. The highest BCUT2D eigenvalue weighted by atomic mass is 16.3. The van der Waals surface area contributed by atoms with Gasteiger partial charge in [-0.1, -0.05) is 36.8 Å². The summed E-state index contributed by atoms with van der Waals surface area (Å²) in [5, 5.41) is 3.60. The van der Waals surface area contributed by atoms with Gasteiger partial charge in [0.05, 0.1) is 0 Å². The van der Waals surface area contributed by atoms with Crippen LogP contribution in [0.4, 0.5) is 0 Å². The normalized spacial score (nSPS) is 12.7. The van der Waals surface area contributed by atoms with E-state index < -0.39 is 0 Å². The molecule has 0 saturated carbocycles. The first-order chi connectivity index (χ1) is 9.52. The molecule has 0 bridgehead atoms. The number of likely N-dealkylation sites (N-methyl/N-ethyl adjacent to an activating group) is 1. The van der Waals surface area contributed by atoms with Gasteiger partial charge in [0.25, 0.3) is 0 Å². The number of hydrogen-bond donors (Lipinski definition) is 1. The molecule has 0 radical (unpaired) electrons. The first-order valence-electron chi connectivity index (χ1n) is 7.38. The van der Waals surface area contributed by atoms with Crippen molar-refractivity contribution < 1.29 is 4.42 Å². The lowest BCUT2D eigenvalue weighted by molar-refractivity contribution is 0.484. The Morgan fingerprint density at radius 3 is 2.15 bits per heavy atom. The first kappa shape index (κ1) is 14.9. The first-order valence-corrected chi connectivity index (χ1v) is 7.38. The SMILES string of the molecule is CCNC(Cc1ccc(C)cc1)c1c(C)oc(C)c1C. The van der Waals surface area contributed by atoms with Crippen molar-refractivity contribution in [1.29, 1.82) is 0 Å². The van der Waals surface area contributed by atoms with Gasteiger partial charge in [-0.2, -0.15) is 0 Å². The molecule has 2 rings (SSSR count). The van der Waals surface area contributed by atoms with Crippen molar-refractivity contribution in [2.75, 3.05) is 6.54 Å². The van der Waals surface area contributed by atoms with E-state index in [0.29, 0.717) is 6.04 Å². The molecule has 2 heteroatoms. The molecule has 1 aromatic carbocycles. The third-order valence-corrected chi connectivity index (χ3v) is 3.98. The summed E-state index contributed by atoms with van der Waals surface area (Å²) < 4.78 is 5.79. The zero-order valence-corrected chi connectivity index (χ0v) is 13.2. The fraction of sp³-hybridized carbons (Fsp3) is 0.444. The van der Waals surface area contributed by atoms with Gasteiger partial charge in [-0.05, 0) is 51.8 Å². The van der Waals surface area contributed by atoms with E-state index in [-0.39, 0.29) is 0 Å². The Kier molecular flexibility index (Phi) is 4.66. The molecule has 2 aromatic rings. The van der Waals surface area contributed by atoms with Crippen molar-refractivity contribution in [3.05, 3.63) is 58.0 Å². The van der Waals surface area contributed by atoms with Crippen molar-refractivity contribution in [2.45, 2.75) is 47.1 Å². The van der Waals surface area contributed by atoms with Gasteiger partial charge in [0, 0.05) is 11.6 Å². The molecule has 1 heterocycles. The highest BCUT2D eigenvalue weighted by Gasteiger charge is 2.20. The second-order valence-electron chi connectivity index (χ2n) is 5.55. The maximum Gasteiger partial charge on any atom is 0.106 e. The summed E-state index contributed by atoms with van der Waals surface area (Å²) in [6.45, 7) is 11.5. The molecule has 0 amide bonds. The number of nitrogens with one attached hydrogen (secondary N) is 1. The molecule has 0 aliphatic rings. The topological polar surface area (TPSA) is 25.2 Å². The van der Waals surface area contributed by atoms with Crippen molar-refractivity contribution in [3.63, 3.8) is 0 Å². The zero-order valence-electron chi connectivity index (χ0n) is 13.2. The Morgan fingerprint density at radius 2 is 1.65 bits per heavy atom. The minimum Gasteiger partial charge on any atom is -0.466 e. The molecule has 1 aromatic heterocycles. The molecule has 2 nitrogen and oxygen atoms in total. The molecule has 0 spiro atoms. The molecule has 20 heavy (non-hydrogen) atoms. The Balaban J connectivity index is 2.29. The van der Waals surface area contributed by atoms with E-state index in [4.69, 9.17) is 4.42 Å². The molecule has 0 aliphatic heterocycles. The van der Waals surface area contributed by atoms with Crippen molar-refractivity contribution >= 4 is 0 Å². The van der Waals surface area contributed by atoms with Gasteiger partial charge in [0.2, 0.25) is 0 Å². The predicted octanol–water partition coefficient (Wildman–Crippen LogP) is 4.41. The lowest BCUT2D eigenvalue weighted by Gasteiger charge is -2.19. The van der Waals surface area contributed by atoms with E-state index in [0.717, 1.165) is 24.5 Å². The van der Waals surface area contributed by atoms with Gasteiger partial charge in [0.1, 0.15) is 11.5 Å². The molecule has 1 N–H and O–H groups in total. The molecule has 1 atom stereocenters. The average molecular weight is 271 g/mol. The molecular weight excluding hydrogens is 246 g/mol. The lowest BCUT2D eigenvalue weighted by atomic mass is 9.95. The van der Waals surface area contributed by atoms with E-state index in [2.05, 4.69) is 57.3 Å². The lowest BCUT2D eigenvalue weighted by Crippen LogP contribution is -2.24. The van der Waals surface area contributed by atoms with Crippen LogP contribution < -0.4 is 5.32 Å². The maximum absolute atomic E-state index is 5.79. The molecule has 0 saturated heterocycles. The van der Waals surface area contributed by atoms with E-state index in [1.165, 1.54) is 22.3 Å². The highest BCUT2D eigenvalue weighted by Crippen LogP contribution is 2.29. The number of rotatable bonds is 5. The van der Waals surface area contributed by atoms with Crippen molar-refractivity contribution in [1.82, 2.24) is 5.32 Å². The number of furan rings is 1. The third-order valence-electron chi connectivity index (χ3n) is 3.98. The van der Waals surface area contributed by atoms with Crippen LogP contribution in [0.2, 0.25) is 0 Å². The Morgan fingerprint density at radius 1 is 1.00 bits per heavy atom. The molecule has 0 fully saturated rings. The van der Waals surface area contributed by atoms with Crippen LogP contribution in [0.1, 0.15) is 46.7 Å². The van der Waals surface area contributed by atoms with E-state index in [1.54, 1.807) is 0 Å². The second kappa shape index (κ2) is 6.27. The minimum absolute atomic E-state index is 0.320. The summed E-state index contributed by atoms with van der Waals surface area (Å²) in [6, 6.07) is 9.12. The average Bonchev–Trinajstić information content (AvgIpc) is 2.66. The van der Waals surface area contributed by atoms with E-state index >= 15 is 0 Å². The zero-order chi connectivity index (χ0) is 14.7. The van der Waals surface area contributed by atoms with Crippen LogP contribution in [0.5, 0.6) is 0 Å². The third kappa shape index (κ3) is 3.13. The van der Waals surface area contributed by atoms with Gasteiger partial charge >= 0.3 is 0 Å².